The number of benzene rings is 1. The van der Waals surface area contributed by atoms with Crippen molar-refractivity contribution in [1.82, 2.24) is 0 Å². The first kappa shape index (κ1) is 12.5. The van der Waals surface area contributed by atoms with Gasteiger partial charge in [0.25, 0.3) is 0 Å². The summed E-state index contributed by atoms with van der Waals surface area (Å²) >= 11 is 0. The Morgan fingerprint density at radius 3 is 2.63 bits per heavy atom. The molecule has 1 aliphatic rings. The fourth-order valence-electron chi connectivity index (χ4n) is 3.18. The summed E-state index contributed by atoms with van der Waals surface area (Å²) in [5.41, 5.74) is 1.40. The van der Waals surface area contributed by atoms with Gasteiger partial charge in [0, 0.05) is 6.42 Å². The van der Waals surface area contributed by atoms with E-state index in [9.17, 15) is 5.11 Å². The number of aliphatic hydroxyl groups is 1. The molecule has 2 nitrogen and oxygen atoms in total. The highest BCUT2D eigenvalue weighted by atomic mass is 16.3. The van der Waals surface area contributed by atoms with E-state index in [-0.39, 0.29) is 6.10 Å². The Bertz CT molecular complexity index is 489. The van der Waals surface area contributed by atoms with Crippen molar-refractivity contribution in [1.29, 1.82) is 0 Å². The van der Waals surface area contributed by atoms with Crippen LogP contribution in [0.2, 0.25) is 0 Å². The Kier molecular flexibility index (Phi) is 3.69. The number of hydrogen-bond acceptors (Lipinski definition) is 2. The molecular weight excluding hydrogens is 236 g/mol. The lowest BCUT2D eigenvalue weighted by Gasteiger charge is -2.33. The predicted octanol–water partition coefficient (Wildman–Crippen LogP) is 3.77. The Morgan fingerprint density at radius 2 is 1.89 bits per heavy atom. The van der Waals surface area contributed by atoms with Crippen LogP contribution in [0.5, 0.6) is 0 Å². The van der Waals surface area contributed by atoms with E-state index < -0.39 is 0 Å². The van der Waals surface area contributed by atoms with Crippen LogP contribution in [0.25, 0.3) is 0 Å². The van der Waals surface area contributed by atoms with Crippen LogP contribution < -0.4 is 0 Å². The predicted molar refractivity (Wildman–Crippen MR) is 74.9 cm³/mol. The van der Waals surface area contributed by atoms with Gasteiger partial charge >= 0.3 is 0 Å². The smallest absolute Gasteiger partial charge is 0.104 e. The molecule has 1 fully saturated rings. The van der Waals surface area contributed by atoms with Crippen LogP contribution in [0, 0.1) is 5.92 Å². The van der Waals surface area contributed by atoms with Gasteiger partial charge in [0.05, 0.1) is 12.4 Å². The maximum atomic E-state index is 10.2. The van der Waals surface area contributed by atoms with Gasteiger partial charge in [-0.1, -0.05) is 30.3 Å². The quantitative estimate of drug-likeness (QED) is 0.907. The maximum Gasteiger partial charge on any atom is 0.104 e. The molecule has 100 valence electrons. The molecule has 3 unspecified atom stereocenters. The van der Waals surface area contributed by atoms with Gasteiger partial charge in [-0.25, -0.2) is 0 Å². The van der Waals surface area contributed by atoms with E-state index in [1.807, 2.05) is 12.1 Å². The van der Waals surface area contributed by atoms with Crippen LogP contribution >= 0.6 is 0 Å². The Balaban J connectivity index is 1.70. The summed E-state index contributed by atoms with van der Waals surface area (Å²) in [6, 6.07) is 14.6. The highest BCUT2D eigenvalue weighted by Crippen LogP contribution is 2.37. The molecule has 1 heterocycles. The molecule has 19 heavy (non-hydrogen) atoms. The average molecular weight is 256 g/mol. The Hall–Kier alpha value is -1.54. The molecule has 0 amide bonds. The number of rotatable bonds is 3. The summed E-state index contributed by atoms with van der Waals surface area (Å²) in [5, 5.41) is 10.2. The second-order valence-corrected chi connectivity index (χ2v) is 5.53. The summed E-state index contributed by atoms with van der Waals surface area (Å²) in [6.45, 7) is 0. The highest BCUT2D eigenvalue weighted by molar-refractivity contribution is 5.20. The van der Waals surface area contributed by atoms with Gasteiger partial charge in [-0.05, 0) is 48.8 Å². The van der Waals surface area contributed by atoms with Crippen LogP contribution in [0.3, 0.4) is 0 Å². The van der Waals surface area contributed by atoms with Crippen molar-refractivity contribution in [2.75, 3.05) is 0 Å². The van der Waals surface area contributed by atoms with Gasteiger partial charge in [0.1, 0.15) is 5.76 Å². The second-order valence-electron chi connectivity index (χ2n) is 5.53. The van der Waals surface area contributed by atoms with Gasteiger partial charge in [-0.15, -0.1) is 0 Å². The van der Waals surface area contributed by atoms with Crippen LogP contribution in [0.1, 0.15) is 36.5 Å². The zero-order chi connectivity index (χ0) is 13.1. The van der Waals surface area contributed by atoms with Gasteiger partial charge in [0.2, 0.25) is 0 Å². The van der Waals surface area contributed by atoms with Crippen molar-refractivity contribution in [2.45, 2.75) is 37.7 Å². The van der Waals surface area contributed by atoms with Gasteiger partial charge in [-0.3, -0.25) is 0 Å². The highest BCUT2D eigenvalue weighted by Gasteiger charge is 2.30. The molecule has 2 heteroatoms. The average Bonchev–Trinajstić information content (AvgIpc) is 2.95. The summed E-state index contributed by atoms with van der Waals surface area (Å²) in [7, 11) is 0. The van der Waals surface area contributed by atoms with Crippen LogP contribution in [0.15, 0.2) is 53.1 Å². The van der Waals surface area contributed by atoms with Gasteiger partial charge in [-0.2, -0.15) is 0 Å². The van der Waals surface area contributed by atoms with Crippen molar-refractivity contribution in [3.63, 3.8) is 0 Å². The number of hydrogen-bond donors (Lipinski definition) is 1. The third-order valence-corrected chi connectivity index (χ3v) is 4.26. The van der Waals surface area contributed by atoms with Crippen LogP contribution in [0.4, 0.5) is 0 Å². The summed E-state index contributed by atoms with van der Waals surface area (Å²) < 4.78 is 5.41. The van der Waals surface area contributed by atoms with E-state index in [1.165, 1.54) is 5.56 Å². The summed E-state index contributed by atoms with van der Waals surface area (Å²) in [6.07, 6.45) is 5.39. The minimum Gasteiger partial charge on any atom is -0.469 e. The normalized spacial score (nSPS) is 27.3. The molecule has 3 atom stereocenters. The monoisotopic (exact) mass is 256 g/mol. The molecule has 1 aromatic heterocycles. The molecule has 1 aromatic carbocycles. The molecule has 0 radical (unpaired) electrons. The van der Waals surface area contributed by atoms with Crippen molar-refractivity contribution in [2.24, 2.45) is 5.92 Å². The summed E-state index contributed by atoms with van der Waals surface area (Å²) in [5.74, 6) is 1.87. The fraction of sp³-hybridized carbons (Fsp3) is 0.412. The van der Waals surface area contributed by atoms with Crippen molar-refractivity contribution >= 4 is 0 Å². The third kappa shape index (κ3) is 2.90. The van der Waals surface area contributed by atoms with E-state index in [2.05, 4.69) is 30.3 Å². The molecule has 3 rings (SSSR count). The molecule has 0 saturated heterocycles. The van der Waals surface area contributed by atoms with E-state index in [0.717, 1.165) is 31.4 Å². The first-order chi connectivity index (χ1) is 9.33. The largest absolute Gasteiger partial charge is 0.469 e. The number of aliphatic hydroxyl groups excluding tert-OH is 1. The maximum absolute atomic E-state index is 10.2. The van der Waals surface area contributed by atoms with Gasteiger partial charge in [0.15, 0.2) is 0 Å². The molecule has 1 saturated carbocycles. The molecule has 0 bridgehead atoms. The molecule has 0 aliphatic heterocycles. The molecular formula is C17H20O2. The van der Waals surface area contributed by atoms with Crippen LogP contribution in [-0.2, 0) is 6.42 Å². The van der Waals surface area contributed by atoms with Crippen LogP contribution in [-0.4, -0.2) is 11.2 Å². The fourth-order valence-corrected chi connectivity index (χ4v) is 3.18. The second kappa shape index (κ2) is 5.62. The standard InChI is InChI=1S/C17H20O2/c18-17-9-8-14(13-5-2-1-3-6-13)11-15(17)12-16-7-4-10-19-16/h1-7,10,14-15,17-18H,8-9,11-12H2. The SMILES string of the molecule is OC1CCC(c2ccccc2)CC1Cc1ccco1. The van der Waals surface area contributed by atoms with Crippen molar-refractivity contribution in [3.05, 3.63) is 60.1 Å². The minimum absolute atomic E-state index is 0.190. The first-order valence-electron chi connectivity index (χ1n) is 7.08. The molecule has 1 aliphatic carbocycles. The first-order valence-corrected chi connectivity index (χ1v) is 7.08. The third-order valence-electron chi connectivity index (χ3n) is 4.26. The lowest BCUT2D eigenvalue weighted by Crippen LogP contribution is -2.29. The van der Waals surface area contributed by atoms with E-state index in [4.69, 9.17) is 4.42 Å². The lowest BCUT2D eigenvalue weighted by atomic mass is 9.75. The Labute approximate surface area is 114 Å². The zero-order valence-corrected chi connectivity index (χ0v) is 11.0. The summed E-state index contributed by atoms with van der Waals surface area (Å²) in [4.78, 5) is 0. The topological polar surface area (TPSA) is 33.4 Å². The van der Waals surface area contributed by atoms with E-state index in [1.54, 1.807) is 6.26 Å². The number of furan rings is 1. The van der Waals surface area contributed by atoms with E-state index in [0.29, 0.717) is 11.8 Å². The molecule has 1 N–H and O–H groups in total. The van der Waals surface area contributed by atoms with Gasteiger partial charge < -0.3 is 9.52 Å². The Morgan fingerprint density at radius 1 is 1.05 bits per heavy atom. The minimum atomic E-state index is -0.190. The van der Waals surface area contributed by atoms with E-state index >= 15 is 0 Å². The molecule has 2 aromatic rings. The van der Waals surface area contributed by atoms with Crippen molar-refractivity contribution in [3.8, 4) is 0 Å². The lowest BCUT2D eigenvalue weighted by molar-refractivity contribution is 0.0593. The zero-order valence-electron chi connectivity index (χ0n) is 11.0. The molecule has 0 spiro atoms. The van der Waals surface area contributed by atoms with Crippen molar-refractivity contribution < 1.29 is 9.52 Å².